The molecule has 1 aliphatic rings. The van der Waals surface area contributed by atoms with Gasteiger partial charge in [-0.2, -0.15) is 0 Å². The van der Waals surface area contributed by atoms with Crippen molar-refractivity contribution in [2.24, 2.45) is 0 Å². The molecule has 6 rings (SSSR count). The first-order valence-corrected chi connectivity index (χ1v) is 13.6. The highest BCUT2D eigenvalue weighted by Gasteiger charge is 2.25. The summed E-state index contributed by atoms with van der Waals surface area (Å²) in [6.07, 6.45) is 3.37. The van der Waals surface area contributed by atoms with Crippen LogP contribution >= 0.6 is 0 Å². The van der Waals surface area contributed by atoms with Crippen LogP contribution in [0, 0.1) is 0 Å². The largest absolute Gasteiger partial charge is 0.504 e. The molecule has 10 heteroatoms. The molecule has 5 aromatic rings. The van der Waals surface area contributed by atoms with Crippen LogP contribution in [0.5, 0.6) is 17.2 Å². The van der Waals surface area contributed by atoms with Crippen LogP contribution in [-0.4, -0.2) is 58.7 Å². The standard InChI is InChI=1S/C32H28N4O6/c37-24-18-25(23-10-5-2-6-11-23)42-26-19-27(40-20-22-8-3-1-4-9-22)31(30(39)29(24)26)41-21-28(38)35-14-16-36(17-15-35)32-33-12-7-13-34-32/h1-13,18-19,39H,14-17,20-21H2. The Morgan fingerprint density at radius 3 is 2.29 bits per heavy atom. The molecule has 42 heavy (non-hydrogen) atoms. The fourth-order valence-corrected chi connectivity index (χ4v) is 4.82. The third-order valence-electron chi connectivity index (χ3n) is 7.02. The monoisotopic (exact) mass is 564 g/mol. The van der Waals surface area contributed by atoms with E-state index in [1.54, 1.807) is 23.4 Å². The summed E-state index contributed by atoms with van der Waals surface area (Å²) >= 11 is 0. The highest BCUT2D eigenvalue weighted by molar-refractivity contribution is 5.90. The second kappa shape index (κ2) is 12.0. The summed E-state index contributed by atoms with van der Waals surface area (Å²) in [5.41, 5.74) is 1.30. The molecule has 2 aromatic heterocycles. The van der Waals surface area contributed by atoms with Crippen LogP contribution in [0.25, 0.3) is 22.3 Å². The number of rotatable bonds is 8. The first-order chi connectivity index (χ1) is 20.6. The van der Waals surface area contributed by atoms with E-state index in [1.807, 2.05) is 65.6 Å². The zero-order valence-corrected chi connectivity index (χ0v) is 22.7. The minimum atomic E-state index is -0.447. The number of fused-ring (bicyclic) bond motifs is 1. The number of piperazine rings is 1. The van der Waals surface area contributed by atoms with E-state index in [0.717, 1.165) is 5.56 Å². The maximum atomic E-state index is 13.2. The van der Waals surface area contributed by atoms with Crippen LogP contribution in [0.15, 0.2) is 100 Å². The molecule has 0 bridgehead atoms. The predicted molar refractivity (Wildman–Crippen MR) is 157 cm³/mol. The van der Waals surface area contributed by atoms with Crippen molar-refractivity contribution < 1.29 is 23.8 Å². The SMILES string of the molecule is O=C(COc1c(OCc2ccccc2)cc2oc(-c3ccccc3)cc(=O)c2c1O)N1CCN(c2ncccn2)CC1. The van der Waals surface area contributed by atoms with Gasteiger partial charge in [-0.25, -0.2) is 9.97 Å². The van der Waals surface area contributed by atoms with Crippen LogP contribution in [0.3, 0.4) is 0 Å². The Balaban J connectivity index is 1.25. The zero-order valence-electron chi connectivity index (χ0n) is 22.7. The maximum Gasteiger partial charge on any atom is 0.260 e. The van der Waals surface area contributed by atoms with E-state index in [9.17, 15) is 14.7 Å². The van der Waals surface area contributed by atoms with Gasteiger partial charge in [0.25, 0.3) is 5.91 Å². The van der Waals surface area contributed by atoms with Crippen molar-refractivity contribution in [3.63, 3.8) is 0 Å². The van der Waals surface area contributed by atoms with Gasteiger partial charge in [-0.3, -0.25) is 9.59 Å². The van der Waals surface area contributed by atoms with Gasteiger partial charge in [-0.05, 0) is 11.6 Å². The molecule has 3 heterocycles. The van der Waals surface area contributed by atoms with Crippen LogP contribution in [0.1, 0.15) is 5.56 Å². The lowest BCUT2D eigenvalue weighted by Gasteiger charge is -2.34. The number of aromatic nitrogens is 2. The van der Waals surface area contributed by atoms with E-state index >= 15 is 0 Å². The molecule has 3 aromatic carbocycles. The number of amides is 1. The Labute approximate surface area is 241 Å². The van der Waals surface area contributed by atoms with E-state index in [4.69, 9.17) is 13.9 Å². The number of nitrogens with zero attached hydrogens (tertiary/aromatic N) is 4. The lowest BCUT2D eigenvalue weighted by atomic mass is 10.1. The highest BCUT2D eigenvalue weighted by Crippen LogP contribution is 2.43. The normalized spacial score (nSPS) is 13.2. The number of hydrogen-bond donors (Lipinski definition) is 1. The van der Waals surface area contributed by atoms with Crippen molar-refractivity contribution in [3.8, 4) is 28.6 Å². The first kappa shape index (κ1) is 26.8. The number of aromatic hydroxyl groups is 1. The van der Waals surface area contributed by atoms with Gasteiger partial charge in [0.2, 0.25) is 11.7 Å². The molecular formula is C32H28N4O6. The summed E-state index contributed by atoms with van der Waals surface area (Å²) < 4.78 is 18.0. The van der Waals surface area contributed by atoms with E-state index < -0.39 is 11.2 Å². The Morgan fingerprint density at radius 2 is 1.57 bits per heavy atom. The lowest BCUT2D eigenvalue weighted by molar-refractivity contribution is -0.133. The van der Waals surface area contributed by atoms with E-state index in [0.29, 0.717) is 43.5 Å². The van der Waals surface area contributed by atoms with Crippen LogP contribution in [-0.2, 0) is 11.4 Å². The Morgan fingerprint density at radius 1 is 0.881 bits per heavy atom. The minimum Gasteiger partial charge on any atom is -0.504 e. The van der Waals surface area contributed by atoms with Gasteiger partial charge in [-0.1, -0.05) is 60.7 Å². The van der Waals surface area contributed by atoms with Crippen molar-refractivity contribution in [1.82, 2.24) is 14.9 Å². The Hall–Kier alpha value is -5.38. The number of carbonyl (C=O) groups is 1. The predicted octanol–water partition coefficient (Wildman–Crippen LogP) is 4.26. The maximum absolute atomic E-state index is 13.2. The summed E-state index contributed by atoms with van der Waals surface area (Å²) in [4.78, 5) is 38.5. The van der Waals surface area contributed by atoms with Crippen LogP contribution < -0.4 is 19.8 Å². The number of anilines is 1. The minimum absolute atomic E-state index is 0.0549. The molecule has 1 aliphatic heterocycles. The van der Waals surface area contributed by atoms with Gasteiger partial charge in [0, 0.05) is 56.3 Å². The fourth-order valence-electron chi connectivity index (χ4n) is 4.82. The quantitative estimate of drug-likeness (QED) is 0.295. The van der Waals surface area contributed by atoms with Gasteiger partial charge in [0.1, 0.15) is 23.3 Å². The zero-order chi connectivity index (χ0) is 28.9. The van der Waals surface area contributed by atoms with Gasteiger partial charge >= 0.3 is 0 Å². The molecule has 0 aliphatic carbocycles. The highest BCUT2D eigenvalue weighted by atomic mass is 16.5. The molecular weight excluding hydrogens is 536 g/mol. The molecule has 0 unspecified atom stereocenters. The molecule has 1 saturated heterocycles. The second-order valence-electron chi connectivity index (χ2n) is 9.75. The number of ether oxygens (including phenoxy) is 2. The number of phenols is 1. The van der Waals surface area contributed by atoms with Gasteiger partial charge in [-0.15, -0.1) is 0 Å². The lowest BCUT2D eigenvalue weighted by Crippen LogP contribution is -2.50. The summed E-state index contributed by atoms with van der Waals surface area (Å²) in [5, 5.41) is 11.2. The molecule has 0 atom stereocenters. The molecule has 0 spiro atoms. The average molecular weight is 565 g/mol. The topological polar surface area (TPSA) is 118 Å². The molecule has 1 N–H and O–H groups in total. The summed E-state index contributed by atoms with van der Waals surface area (Å²) in [5.74, 6) is 0.326. The van der Waals surface area contributed by atoms with Gasteiger partial charge in [0.05, 0.1) is 0 Å². The Bertz CT molecular complexity index is 1740. The van der Waals surface area contributed by atoms with E-state index in [-0.39, 0.29) is 41.6 Å². The summed E-state index contributed by atoms with van der Waals surface area (Å²) in [7, 11) is 0. The number of phenolic OH excluding ortho intramolecular Hbond substituents is 1. The van der Waals surface area contributed by atoms with E-state index in [2.05, 4.69) is 9.97 Å². The van der Waals surface area contributed by atoms with Crippen molar-refractivity contribution in [2.45, 2.75) is 6.61 Å². The smallest absolute Gasteiger partial charge is 0.260 e. The Kier molecular flexibility index (Phi) is 7.67. The molecule has 0 radical (unpaired) electrons. The van der Waals surface area contributed by atoms with Crippen molar-refractivity contribution in [3.05, 3.63) is 107 Å². The average Bonchev–Trinajstić information content (AvgIpc) is 3.04. The van der Waals surface area contributed by atoms with Gasteiger partial charge < -0.3 is 28.8 Å². The number of hydrogen-bond acceptors (Lipinski definition) is 9. The third kappa shape index (κ3) is 5.73. The fraction of sp³-hybridized carbons (Fsp3) is 0.188. The molecule has 1 amide bonds. The first-order valence-electron chi connectivity index (χ1n) is 13.6. The van der Waals surface area contributed by atoms with Crippen LogP contribution in [0.2, 0.25) is 0 Å². The van der Waals surface area contributed by atoms with Gasteiger partial charge in [0.15, 0.2) is 23.5 Å². The van der Waals surface area contributed by atoms with E-state index in [1.165, 1.54) is 12.1 Å². The summed E-state index contributed by atoms with van der Waals surface area (Å²) in [6.45, 7) is 1.90. The number of carbonyl (C=O) groups excluding carboxylic acids is 1. The second-order valence-corrected chi connectivity index (χ2v) is 9.75. The summed E-state index contributed by atoms with van der Waals surface area (Å²) in [6, 6.07) is 23.3. The van der Waals surface area contributed by atoms with Crippen molar-refractivity contribution >= 4 is 22.8 Å². The molecule has 10 nitrogen and oxygen atoms in total. The van der Waals surface area contributed by atoms with Crippen molar-refractivity contribution in [1.29, 1.82) is 0 Å². The molecule has 1 fully saturated rings. The third-order valence-corrected chi connectivity index (χ3v) is 7.02. The van der Waals surface area contributed by atoms with Crippen LogP contribution in [0.4, 0.5) is 5.95 Å². The number of benzene rings is 3. The van der Waals surface area contributed by atoms with Crippen molar-refractivity contribution in [2.75, 3.05) is 37.7 Å². The molecule has 212 valence electrons. The molecule has 0 saturated carbocycles.